The van der Waals surface area contributed by atoms with Crippen molar-refractivity contribution in [2.45, 2.75) is 0 Å². The van der Waals surface area contributed by atoms with Crippen LogP contribution in [0.3, 0.4) is 0 Å². The van der Waals surface area contributed by atoms with Gasteiger partial charge in [-0.2, -0.15) is 0 Å². The van der Waals surface area contributed by atoms with E-state index in [9.17, 15) is 0 Å². The zero-order valence-corrected chi connectivity index (χ0v) is 25.1. The van der Waals surface area contributed by atoms with Crippen LogP contribution in [-0.2, 0) is 0 Å². The van der Waals surface area contributed by atoms with Crippen molar-refractivity contribution in [2.75, 3.05) is 0 Å². The summed E-state index contributed by atoms with van der Waals surface area (Å²) in [6, 6.07) is 39.6. The molecule has 3 nitrogen and oxygen atoms in total. The highest BCUT2D eigenvalue weighted by molar-refractivity contribution is 7.27. The molecular weight excluding hydrogens is 579 g/mol. The predicted molar refractivity (Wildman–Crippen MR) is 195 cm³/mol. The van der Waals surface area contributed by atoms with E-state index in [0.29, 0.717) is 22.4 Å². The second-order valence-electron chi connectivity index (χ2n) is 11.4. The maximum Gasteiger partial charge on any atom is 0.160 e. The number of hydrogen-bond donors (Lipinski definition) is 0. The van der Waals surface area contributed by atoms with Crippen molar-refractivity contribution < 1.29 is 6.85 Å². The summed E-state index contributed by atoms with van der Waals surface area (Å²) in [6.07, 6.45) is 0. The van der Waals surface area contributed by atoms with E-state index in [1.165, 1.54) is 47.2 Å². The van der Waals surface area contributed by atoms with Gasteiger partial charge >= 0.3 is 0 Å². The van der Waals surface area contributed by atoms with Crippen molar-refractivity contribution in [1.82, 2.24) is 14.5 Å². The number of para-hydroxylation sites is 2. The number of rotatable bonds is 3. The number of hydrogen-bond acceptors (Lipinski definition) is 3. The first-order chi connectivity index (χ1) is 24.9. The molecule has 0 unspecified atom stereocenters. The van der Waals surface area contributed by atoms with Crippen LogP contribution in [0.2, 0.25) is 0 Å². The highest BCUT2D eigenvalue weighted by atomic mass is 32.1. The van der Waals surface area contributed by atoms with Gasteiger partial charge in [0.1, 0.15) is 0 Å². The summed E-state index contributed by atoms with van der Waals surface area (Å²) < 4.78 is 46.9. The van der Waals surface area contributed by atoms with Gasteiger partial charge in [-0.25, -0.2) is 9.97 Å². The lowest BCUT2D eigenvalue weighted by Gasteiger charge is -2.12. The molecule has 3 heterocycles. The fourth-order valence-corrected chi connectivity index (χ4v) is 8.18. The van der Waals surface area contributed by atoms with Gasteiger partial charge < -0.3 is 4.57 Å². The van der Waals surface area contributed by atoms with Gasteiger partial charge in [-0.3, -0.25) is 0 Å². The van der Waals surface area contributed by atoms with Crippen molar-refractivity contribution in [3.8, 4) is 28.3 Å². The van der Waals surface area contributed by atoms with Crippen molar-refractivity contribution in [3.05, 3.63) is 152 Å². The highest BCUT2D eigenvalue weighted by Gasteiger charge is 2.21. The van der Waals surface area contributed by atoms with Crippen molar-refractivity contribution in [2.24, 2.45) is 0 Å². The van der Waals surface area contributed by atoms with Gasteiger partial charge in [-0.15, -0.1) is 11.3 Å². The molecule has 0 spiro atoms. The lowest BCUT2D eigenvalue weighted by molar-refractivity contribution is 1.18. The van der Waals surface area contributed by atoms with Crippen LogP contribution >= 0.6 is 11.3 Å². The maximum atomic E-state index is 8.67. The average molecular weight is 609 g/mol. The molecule has 0 aliphatic rings. The molecule has 0 atom stereocenters. The Balaban J connectivity index is 1.22. The Kier molecular flexibility index (Phi) is 4.49. The van der Waals surface area contributed by atoms with E-state index in [1.807, 2.05) is 47.7 Å². The van der Waals surface area contributed by atoms with Crippen molar-refractivity contribution in [3.63, 3.8) is 0 Å². The molecule has 10 rings (SSSR count). The minimum atomic E-state index is -0.436. The van der Waals surface area contributed by atoms with Gasteiger partial charge in [0.2, 0.25) is 0 Å². The molecular formula is C42H25N3S. The van der Waals surface area contributed by atoms with E-state index in [4.69, 9.17) is 16.8 Å². The van der Waals surface area contributed by atoms with Crippen LogP contribution in [0.4, 0.5) is 0 Å². The molecule has 0 saturated heterocycles. The third kappa shape index (κ3) is 3.65. The predicted octanol–water partition coefficient (Wildman–Crippen LogP) is 11.6. The zero-order valence-electron chi connectivity index (χ0n) is 29.3. The summed E-state index contributed by atoms with van der Waals surface area (Å²) in [5, 5.41) is 8.02. The maximum absolute atomic E-state index is 8.67. The van der Waals surface area contributed by atoms with Gasteiger partial charge in [0, 0.05) is 48.4 Å². The second-order valence-corrected chi connectivity index (χ2v) is 12.4. The Hall–Kier alpha value is -5.84. The summed E-state index contributed by atoms with van der Waals surface area (Å²) >= 11 is 1.83. The molecule has 46 heavy (non-hydrogen) atoms. The molecule has 0 saturated carbocycles. The van der Waals surface area contributed by atoms with Crippen molar-refractivity contribution >= 4 is 75.0 Å². The van der Waals surface area contributed by atoms with E-state index in [-0.39, 0.29) is 17.6 Å². The van der Waals surface area contributed by atoms with E-state index in [1.54, 1.807) is 0 Å². The standard InChI is InChI=1S/C42H25N3S/c1-2-12-26(13-3-1)39-31-16-6-9-19-34(31)43-42(44-39)27-22-24-28(25-23-27)45-35-20-10-7-17-32(35)37-29-14-4-5-15-30(29)38-33-18-8-11-21-36(33)46-41(38)40(37)45/h1-25H/i1D,2D,3D,12D,13D. The van der Waals surface area contributed by atoms with E-state index < -0.39 is 18.1 Å². The number of benzene rings is 7. The highest BCUT2D eigenvalue weighted by Crippen LogP contribution is 2.47. The number of nitrogens with zero attached hydrogens (tertiary/aromatic N) is 3. The Morgan fingerprint density at radius 1 is 0.543 bits per heavy atom. The smallest absolute Gasteiger partial charge is 0.160 e. The van der Waals surface area contributed by atoms with Crippen LogP contribution in [0.5, 0.6) is 0 Å². The molecule has 10 aromatic rings. The first kappa shape index (κ1) is 21.0. The second kappa shape index (κ2) is 9.83. The lowest BCUT2D eigenvalue weighted by atomic mass is 9.99. The van der Waals surface area contributed by atoms with E-state index in [2.05, 4.69) is 89.5 Å². The molecule has 4 heteroatoms. The monoisotopic (exact) mass is 608 g/mol. The van der Waals surface area contributed by atoms with Gasteiger partial charge in [-0.1, -0.05) is 109 Å². The molecule has 0 radical (unpaired) electrons. The molecule has 0 fully saturated rings. The SMILES string of the molecule is [2H]c1c([2H])c([2H])c(-c2nc(-c3ccc(-n4c5ccccc5c5c6ccccc6c6c7ccccc7sc6c54)cc3)nc3ccccc23)c([2H])c1[2H]. The van der Waals surface area contributed by atoms with Crippen LogP contribution in [0.1, 0.15) is 6.85 Å². The number of aromatic nitrogens is 3. The van der Waals surface area contributed by atoms with Gasteiger partial charge in [0.15, 0.2) is 5.82 Å². The van der Waals surface area contributed by atoms with Crippen molar-refractivity contribution in [1.29, 1.82) is 0 Å². The average Bonchev–Trinajstić information content (AvgIpc) is 3.73. The molecule has 0 amide bonds. The molecule has 0 bridgehead atoms. The lowest BCUT2D eigenvalue weighted by Crippen LogP contribution is -1.97. The van der Waals surface area contributed by atoms with E-state index >= 15 is 0 Å². The van der Waals surface area contributed by atoms with Crippen LogP contribution in [0, 0.1) is 0 Å². The fourth-order valence-electron chi connectivity index (χ4n) is 6.92. The third-order valence-electron chi connectivity index (χ3n) is 8.87. The minimum Gasteiger partial charge on any atom is -0.308 e. The van der Waals surface area contributed by atoms with Crippen LogP contribution in [0.15, 0.2) is 152 Å². The molecule has 7 aromatic carbocycles. The Morgan fingerprint density at radius 3 is 2.00 bits per heavy atom. The fraction of sp³-hybridized carbons (Fsp3) is 0. The van der Waals surface area contributed by atoms with E-state index in [0.717, 1.165) is 16.8 Å². The summed E-state index contributed by atoms with van der Waals surface area (Å²) in [6.45, 7) is 0. The quantitative estimate of drug-likeness (QED) is 0.200. The summed E-state index contributed by atoms with van der Waals surface area (Å²) in [7, 11) is 0. The topological polar surface area (TPSA) is 30.7 Å². The van der Waals surface area contributed by atoms with Crippen LogP contribution < -0.4 is 0 Å². The van der Waals surface area contributed by atoms with Gasteiger partial charge in [0.05, 0.1) is 33.8 Å². The third-order valence-corrected chi connectivity index (χ3v) is 10.1. The Morgan fingerprint density at radius 2 is 1.20 bits per heavy atom. The zero-order chi connectivity index (χ0) is 34.5. The largest absolute Gasteiger partial charge is 0.308 e. The number of thiophene rings is 1. The molecule has 214 valence electrons. The van der Waals surface area contributed by atoms with Crippen LogP contribution in [-0.4, -0.2) is 14.5 Å². The normalized spacial score (nSPS) is 13.4. The molecule has 0 aliphatic carbocycles. The first-order valence-corrected chi connectivity index (χ1v) is 15.9. The molecule has 3 aromatic heterocycles. The first-order valence-electron chi connectivity index (χ1n) is 17.6. The summed E-state index contributed by atoms with van der Waals surface area (Å²) in [5.41, 5.74) is 5.00. The van der Waals surface area contributed by atoms with Gasteiger partial charge in [0.25, 0.3) is 0 Å². The Bertz CT molecular complexity index is 3060. The molecule has 0 aliphatic heterocycles. The molecule has 0 N–H and O–H groups in total. The number of fused-ring (bicyclic) bond motifs is 11. The Labute approximate surface area is 275 Å². The summed E-state index contributed by atoms with van der Waals surface area (Å²) in [4.78, 5) is 9.76. The summed E-state index contributed by atoms with van der Waals surface area (Å²) in [5.74, 6) is 0.405. The van der Waals surface area contributed by atoms with Crippen LogP contribution in [0.25, 0.3) is 92.0 Å². The van der Waals surface area contributed by atoms with Gasteiger partial charge in [-0.05, 0) is 53.2 Å². The minimum absolute atomic E-state index is 0.0577.